The molecule has 2 aliphatic heterocycles. The second-order valence-electron chi connectivity index (χ2n) is 8.60. The third kappa shape index (κ3) is 12.9. The number of likely N-dealkylation sites (tertiary alicyclic amines) is 1. The molecule has 12 nitrogen and oxygen atoms in total. The van der Waals surface area contributed by atoms with Crippen LogP contribution in [0.3, 0.4) is 0 Å². The van der Waals surface area contributed by atoms with Crippen molar-refractivity contribution in [3.8, 4) is 0 Å². The molecule has 2 atom stereocenters. The van der Waals surface area contributed by atoms with Crippen LogP contribution in [-0.2, 0) is 28.0 Å². The molecule has 4 rings (SSSR count). The fourth-order valence-corrected chi connectivity index (χ4v) is 4.24. The predicted octanol–water partition coefficient (Wildman–Crippen LogP) is 3.13. The number of aryl methyl sites for hydroxylation is 1. The van der Waals surface area contributed by atoms with Gasteiger partial charge in [-0.2, -0.15) is 44.6 Å². The van der Waals surface area contributed by atoms with E-state index in [-0.39, 0.29) is 0 Å². The van der Waals surface area contributed by atoms with Gasteiger partial charge in [0, 0.05) is 45.0 Å². The molecule has 2 aliphatic rings. The fourth-order valence-electron chi connectivity index (χ4n) is 3.66. The van der Waals surface area contributed by atoms with Gasteiger partial charge in [0.2, 0.25) is 5.13 Å². The van der Waals surface area contributed by atoms with Gasteiger partial charge in [-0.1, -0.05) is 11.3 Å². The van der Waals surface area contributed by atoms with Crippen LogP contribution in [0.5, 0.6) is 0 Å². The van der Waals surface area contributed by atoms with Gasteiger partial charge >= 0.3 is 36.4 Å². The highest BCUT2D eigenvalue weighted by atomic mass is 32.1. The lowest BCUT2D eigenvalue weighted by molar-refractivity contribution is -0.193. The van der Waals surface area contributed by atoms with Crippen LogP contribution in [0.1, 0.15) is 12.0 Å². The standard InChI is InChI=1S/C14H20N6S.3C2HF3O2/c1-18-5-11(4-16-18)6-19-3-2-12-8-20(9-13(12)7-19)14-17-15-10-21-14;3*3-2(4,5)1(6)7/h4-5,10,12-13H,2-3,6-9H2,1H3;3*(H,6,7)/t12-,13-;;;/m1.../s1. The van der Waals surface area contributed by atoms with Crippen molar-refractivity contribution in [2.75, 3.05) is 31.1 Å². The third-order valence-corrected chi connectivity index (χ3v) is 6.15. The van der Waals surface area contributed by atoms with Gasteiger partial charge in [0.1, 0.15) is 5.51 Å². The first-order valence-corrected chi connectivity index (χ1v) is 12.1. The Bertz CT molecular complexity index is 1100. The Morgan fingerprint density at radius 2 is 1.36 bits per heavy atom. The van der Waals surface area contributed by atoms with Crippen LogP contribution < -0.4 is 4.90 Å². The number of hydrogen-bond donors (Lipinski definition) is 3. The first-order valence-electron chi connectivity index (χ1n) is 11.2. The van der Waals surface area contributed by atoms with Gasteiger partial charge in [-0.05, 0) is 24.8 Å². The summed E-state index contributed by atoms with van der Waals surface area (Å²) in [6.45, 7) is 5.69. The lowest BCUT2D eigenvalue weighted by Crippen LogP contribution is -2.39. The number of carboxylic acids is 3. The van der Waals surface area contributed by atoms with Crippen LogP contribution in [0.2, 0.25) is 0 Å². The van der Waals surface area contributed by atoms with Gasteiger partial charge in [-0.25, -0.2) is 14.4 Å². The number of rotatable bonds is 3. The van der Waals surface area contributed by atoms with E-state index in [0.717, 1.165) is 36.6 Å². The largest absolute Gasteiger partial charge is 0.490 e. The molecule has 0 saturated carbocycles. The van der Waals surface area contributed by atoms with E-state index in [1.165, 1.54) is 25.1 Å². The number of anilines is 1. The van der Waals surface area contributed by atoms with Crippen LogP contribution in [-0.4, -0.2) is 103 Å². The van der Waals surface area contributed by atoms with E-state index in [0.29, 0.717) is 0 Å². The van der Waals surface area contributed by atoms with Crippen molar-refractivity contribution >= 4 is 34.4 Å². The minimum atomic E-state index is -5.08. The molecule has 22 heteroatoms. The first kappa shape index (κ1) is 36.3. The van der Waals surface area contributed by atoms with Gasteiger partial charge in [0.15, 0.2) is 0 Å². The summed E-state index contributed by atoms with van der Waals surface area (Å²) in [7, 11) is 1.98. The molecule has 0 unspecified atom stereocenters. The van der Waals surface area contributed by atoms with Crippen molar-refractivity contribution in [1.29, 1.82) is 0 Å². The number of aliphatic carboxylic acids is 3. The van der Waals surface area contributed by atoms with Gasteiger partial charge in [0.05, 0.1) is 6.20 Å². The van der Waals surface area contributed by atoms with Crippen LogP contribution >= 0.6 is 11.3 Å². The Morgan fingerprint density at radius 3 is 1.74 bits per heavy atom. The number of aromatic nitrogens is 4. The lowest BCUT2D eigenvalue weighted by atomic mass is 9.88. The molecule has 238 valence electrons. The molecule has 42 heavy (non-hydrogen) atoms. The number of nitrogens with zero attached hydrogens (tertiary/aromatic N) is 6. The molecule has 2 aromatic rings. The lowest BCUT2D eigenvalue weighted by Gasteiger charge is -2.33. The SMILES string of the molecule is Cn1cc(CN2CC[C@@H]3CN(c4nncs4)C[C@H]3C2)cn1.O=C(O)C(F)(F)F.O=C(O)C(F)(F)F.O=C(O)C(F)(F)F. The van der Waals surface area contributed by atoms with Crippen LogP contribution in [0, 0.1) is 11.8 Å². The maximum atomic E-state index is 10.6. The summed E-state index contributed by atoms with van der Waals surface area (Å²) in [5.74, 6) is -6.69. The zero-order valence-electron chi connectivity index (χ0n) is 21.2. The highest BCUT2D eigenvalue weighted by Gasteiger charge is 2.40. The summed E-state index contributed by atoms with van der Waals surface area (Å²) >= 11 is 1.65. The number of carbonyl (C=O) groups is 3. The monoisotopic (exact) mass is 646 g/mol. The summed E-state index contributed by atoms with van der Waals surface area (Å²) in [4.78, 5) is 31.7. The van der Waals surface area contributed by atoms with Crippen molar-refractivity contribution in [1.82, 2.24) is 24.9 Å². The van der Waals surface area contributed by atoms with E-state index in [4.69, 9.17) is 29.7 Å². The molecular formula is C20H23F9N6O6S. The maximum Gasteiger partial charge on any atom is 0.490 e. The minimum absolute atomic E-state index is 0.763. The summed E-state index contributed by atoms with van der Waals surface area (Å²) in [6.07, 6.45) is -9.86. The number of hydrogen-bond acceptors (Lipinski definition) is 9. The van der Waals surface area contributed by atoms with E-state index in [9.17, 15) is 39.5 Å². The average Bonchev–Trinajstić information content (AvgIpc) is 3.59. The number of fused-ring (bicyclic) bond motifs is 1. The van der Waals surface area contributed by atoms with Gasteiger partial charge < -0.3 is 20.2 Å². The molecule has 2 aromatic heterocycles. The molecule has 2 fully saturated rings. The van der Waals surface area contributed by atoms with Crippen LogP contribution in [0.25, 0.3) is 0 Å². The van der Waals surface area contributed by atoms with E-state index in [1.807, 2.05) is 23.4 Å². The second-order valence-corrected chi connectivity index (χ2v) is 9.41. The number of halogens is 9. The van der Waals surface area contributed by atoms with Crippen molar-refractivity contribution < 1.29 is 69.2 Å². The van der Waals surface area contributed by atoms with E-state index in [1.54, 1.807) is 11.3 Å². The number of carboxylic acid groups (broad SMARTS) is 3. The summed E-state index contributed by atoms with van der Waals surface area (Å²) in [6, 6.07) is 0. The van der Waals surface area contributed by atoms with Gasteiger partial charge in [0.25, 0.3) is 0 Å². The van der Waals surface area contributed by atoms with Gasteiger partial charge in [-0.3, -0.25) is 9.58 Å². The Morgan fingerprint density at radius 1 is 0.881 bits per heavy atom. The molecule has 3 N–H and O–H groups in total. The normalized spacial score (nSPS) is 18.8. The Kier molecular flexibility index (Phi) is 13.0. The highest BCUT2D eigenvalue weighted by molar-refractivity contribution is 7.13. The minimum Gasteiger partial charge on any atom is -0.475 e. The zero-order valence-corrected chi connectivity index (χ0v) is 22.0. The van der Waals surface area contributed by atoms with Crippen molar-refractivity contribution in [2.45, 2.75) is 31.5 Å². The molecule has 0 aromatic carbocycles. The maximum absolute atomic E-state index is 10.6. The van der Waals surface area contributed by atoms with Crippen LogP contribution in [0.4, 0.5) is 44.6 Å². The molecule has 0 amide bonds. The quantitative estimate of drug-likeness (QED) is 0.420. The zero-order chi connectivity index (χ0) is 32.5. The predicted molar refractivity (Wildman–Crippen MR) is 123 cm³/mol. The first-order chi connectivity index (χ1) is 19.1. The summed E-state index contributed by atoms with van der Waals surface area (Å²) in [5, 5.41) is 34.9. The van der Waals surface area contributed by atoms with E-state index in [2.05, 4.69) is 31.3 Å². The topological polar surface area (TPSA) is 162 Å². The van der Waals surface area contributed by atoms with E-state index < -0.39 is 36.4 Å². The highest BCUT2D eigenvalue weighted by Crippen LogP contribution is 2.34. The summed E-state index contributed by atoms with van der Waals surface area (Å²) in [5.41, 5.74) is 3.14. The smallest absolute Gasteiger partial charge is 0.475 e. The number of piperidine rings is 1. The van der Waals surface area contributed by atoms with Crippen molar-refractivity contribution in [3.05, 3.63) is 23.5 Å². The Labute approximate surface area is 234 Å². The average molecular weight is 646 g/mol. The molecule has 0 radical (unpaired) electrons. The second kappa shape index (κ2) is 15.0. The Balaban J connectivity index is 0.000000348. The Hall–Kier alpha value is -3.69. The molecule has 0 bridgehead atoms. The molecule has 0 spiro atoms. The summed E-state index contributed by atoms with van der Waals surface area (Å²) < 4.78 is 97.1. The van der Waals surface area contributed by atoms with Crippen LogP contribution in [0.15, 0.2) is 17.9 Å². The van der Waals surface area contributed by atoms with Crippen molar-refractivity contribution in [3.63, 3.8) is 0 Å². The number of alkyl halides is 9. The molecular weight excluding hydrogens is 623 g/mol. The molecule has 2 saturated heterocycles. The van der Waals surface area contributed by atoms with Gasteiger partial charge in [-0.15, -0.1) is 10.2 Å². The molecule has 4 heterocycles. The fraction of sp³-hybridized carbons (Fsp3) is 0.600. The molecule has 0 aliphatic carbocycles. The van der Waals surface area contributed by atoms with E-state index >= 15 is 0 Å². The van der Waals surface area contributed by atoms with Crippen molar-refractivity contribution in [2.24, 2.45) is 18.9 Å². The third-order valence-electron chi connectivity index (χ3n) is 5.40.